The summed E-state index contributed by atoms with van der Waals surface area (Å²) in [7, 11) is 0. The number of rotatable bonds is 3. The summed E-state index contributed by atoms with van der Waals surface area (Å²) in [5.74, 6) is 0.905. The van der Waals surface area contributed by atoms with Crippen LogP contribution in [0.5, 0.6) is 0 Å². The first kappa shape index (κ1) is 12.9. The molecule has 0 amide bonds. The van der Waals surface area contributed by atoms with E-state index in [9.17, 15) is 0 Å². The number of thiazole rings is 1. The van der Waals surface area contributed by atoms with Crippen LogP contribution in [-0.4, -0.2) is 11.0 Å². The molecular formula is C16H22N2S. The van der Waals surface area contributed by atoms with Gasteiger partial charge in [-0.2, -0.15) is 0 Å². The van der Waals surface area contributed by atoms with E-state index in [2.05, 4.69) is 37.4 Å². The average molecular weight is 274 g/mol. The number of benzene rings is 1. The van der Waals surface area contributed by atoms with Gasteiger partial charge in [0.05, 0.1) is 10.2 Å². The third kappa shape index (κ3) is 2.92. The molecule has 3 heteroatoms. The van der Waals surface area contributed by atoms with Gasteiger partial charge in [0, 0.05) is 6.04 Å². The third-order valence-corrected chi connectivity index (χ3v) is 5.20. The van der Waals surface area contributed by atoms with E-state index in [4.69, 9.17) is 4.98 Å². The summed E-state index contributed by atoms with van der Waals surface area (Å²) in [5, 5.41) is 4.76. The monoisotopic (exact) mass is 274 g/mol. The van der Waals surface area contributed by atoms with E-state index < -0.39 is 0 Å². The lowest BCUT2D eigenvalue weighted by Gasteiger charge is -2.28. The van der Waals surface area contributed by atoms with Gasteiger partial charge in [-0.25, -0.2) is 4.98 Å². The molecule has 1 fully saturated rings. The second-order valence-corrected chi connectivity index (χ2v) is 6.80. The molecule has 0 aliphatic heterocycles. The van der Waals surface area contributed by atoms with Gasteiger partial charge in [0.25, 0.3) is 0 Å². The van der Waals surface area contributed by atoms with Crippen molar-refractivity contribution in [3.8, 4) is 0 Å². The minimum Gasteiger partial charge on any atom is -0.359 e. The van der Waals surface area contributed by atoms with Crippen LogP contribution in [0.4, 0.5) is 5.13 Å². The summed E-state index contributed by atoms with van der Waals surface area (Å²) in [4.78, 5) is 4.73. The van der Waals surface area contributed by atoms with Crippen molar-refractivity contribution in [2.75, 3.05) is 5.32 Å². The second-order valence-electron chi connectivity index (χ2n) is 5.77. The molecule has 3 rings (SSSR count). The van der Waals surface area contributed by atoms with Crippen molar-refractivity contribution in [1.29, 1.82) is 0 Å². The van der Waals surface area contributed by atoms with E-state index in [1.807, 2.05) is 0 Å². The van der Waals surface area contributed by atoms with Crippen LogP contribution >= 0.6 is 11.3 Å². The number of hydrogen-bond acceptors (Lipinski definition) is 3. The van der Waals surface area contributed by atoms with Gasteiger partial charge in [-0.15, -0.1) is 0 Å². The Morgan fingerprint density at radius 2 is 2.26 bits per heavy atom. The molecule has 1 aliphatic carbocycles. The summed E-state index contributed by atoms with van der Waals surface area (Å²) >= 11 is 1.79. The topological polar surface area (TPSA) is 24.9 Å². The maximum Gasteiger partial charge on any atom is 0.184 e. The van der Waals surface area contributed by atoms with Gasteiger partial charge in [-0.05, 0) is 43.4 Å². The van der Waals surface area contributed by atoms with Gasteiger partial charge in [-0.3, -0.25) is 0 Å². The van der Waals surface area contributed by atoms with Gasteiger partial charge in [-0.1, -0.05) is 43.6 Å². The molecule has 1 N–H and O–H groups in total. The molecule has 102 valence electrons. The largest absolute Gasteiger partial charge is 0.359 e. The van der Waals surface area contributed by atoms with Gasteiger partial charge in [0.2, 0.25) is 0 Å². The maximum atomic E-state index is 4.73. The van der Waals surface area contributed by atoms with Crippen molar-refractivity contribution >= 4 is 26.7 Å². The lowest BCUT2D eigenvalue weighted by atomic mass is 9.84. The van der Waals surface area contributed by atoms with Gasteiger partial charge < -0.3 is 5.32 Å². The Morgan fingerprint density at radius 3 is 3.11 bits per heavy atom. The number of fused-ring (bicyclic) bond motifs is 1. The minimum absolute atomic E-state index is 0.625. The lowest BCUT2D eigenvalue weighted by molar-refractivity contribution is 0.327. The van der Waals surface area contributed by atoms with Crippen LogP contribution in [0.15, 0.2) is 18.2 Å². The van der Waals surface area contributed by atoms with Crippen LogP contribution < -0.4 is 5.32 Å². The van der Waals surface area contributed by atoms with E-state index >= 15 is 0 Å². The Hall–Kier alpha value is -1.09. The fourth-order valence-electron chi connectivity index (χ4n) is 3.07. The fraction of sp³-hybridized carbons (Fsp3) is 0.562. The van der Waals surface area contributed by atoms with Crippen molar-refractivity contribution in [3.05, 3.63) is 23.8 Å². The molecule has 2 atom stereocenters. The lowest BCUT2D eigenvalue weighted by Crippen LogP contribution is -2.26. The minimum atomic E-state index is 0.625. The number of aryl methyl sites for hydroxylation is 1. The van der Waals surface area contributed by atoms with Crippen LogP contribution in [0, 0.1) is 12.8 Å². The molecule has 0 spiro atoms. The maximum absolute atomic E-state index is 4.73. The van der Waals surface area contributed by atoms with E-state index in [-0.39, 0.29) is 0 Å². The Morgan fingerprint density at radius 1 is 1.37 bits per heavy atom. The van der Waals surface area contributed by atoms with Crippen LogP contribution in [-0.2, 0) is 0 Å². The summed E-state index contributed by atoms with van der Waals surface area (Å²) in [6.45, 7) is 4.44. The zero-order valence-electron chi connectivity index (χ0n) is 11.8. The first-order valence-electron chi connectivity index (χ1n) is 7.38. The smallest absolute Gasteiger partial charge is 0.184 e. The molecule has 1 aromatic heterocycles. The fourth-order valence-corrected chi connectivity index (χ4v) is 3.99. The zero-order chi connectivity index (χ0) is 13.2. The molecule has 1 heterocycles. The van der Waals surface area contributed by atoms with Crippen LogP contribution in [0.2, 0.25) is 0 Å². The van der Waals surface area contributed by atoms with Crippen molar-refractivity contribution in [1.82, 2.24) is 4.98 Å². The number of hydrogen-bond donors (Lipinski definition) is 1. The number of anilines is 1. The number of aromatic nitrogens is 1. The average Bonchev–Trinajstić information content (AvgIpc) is 2.80. The summed E-state index contributed by atoms with van der Waals surface area (Å²) in [5.41, 5.74) is 2.42. The highest BCUT2D eigenvalue weighted by Gasteiger charge is 2.21. The highest BCUT2D eigenvalue weighted by atomic mass is 32.1. The van der Waals surface area contributed by atoms with Gasteiger partial charge in [0.1, 0.15) is 0 Å². The molecule has 1 saturated carbocycles. The number of nitrogens with one attached hydrogen (secondary N) is 1. The summed E-state index contributed by atoms with van der Waals surface area (Å²) < 4.78 is 1.29. The van der Waals surface area contributed by atoms with Crippen molar-refractivity contribution < 1.29 is 0 Å². The highest BCUT2D eigenvalue weighted by Crippen LogP contribution is 2.31. The molecule has 2 aromatic rings. The molecule has 2 nitrogen and oxygen atoms in total. The SMILES string of the molecule is CCC1CCCC(Nc2nc3cc(C)ccc3s2)C1. The Labute approximate surface area is 119 Å². The molecule has 0 radical (unpaired) electrons. The standard InChI is InChI=1S/C16H22N2S/c1-3-12-5-4-6-13(10-12)17-16-18-14-9-11(2)7-8-15(14)19-16/h7-9,12-13H,3-6,10H2,1-2H3,(H,17,18). The third-order valence-electron chi connectivity index (χ3n) is 4.23. The normalized spacial score (nSPS) is 23.7. The predicted octanol–water partition coefficient (Wildman–Crippen LogP) is 4.99. The Balaban J connectivity index is 1.74. The summed E-state index contributed by atoms with van der Waals surface area (Å²) in [6.07, 6.45) is 6.70. The van der Waals surface area contributed by atoms with Crippen LogP contribution in [0.25, 0.3) is 10.2 Å². The molecule has 0 saturated heterocycles. The highest BCUT2D eigenvalue weighted by molar-refractivity contribution is 7.22. The molecular weight excluding hydrogens is 252 g/mol. The van der Waals surface area contributed by atoms with Crippen molar-refractivity contribution in [3.63, 3.8) is 0 Å². The number of nitrogens with zero attached hydrogens (tertiary/aromatic N) is 1. The second kappa shape index (κ2) is 5.49. The quantitative estimate of drug-likeness (QED) is 0.853. The summed E-state index contributed by atoms with van der Waals surface area (Å²) in [6, 6.07) is 7.15. The first-order chi connectivity index (χ1) is 9.24. The van der Waals surface area contributed by atoms with E-state index in [1.165, 1.54) is 42.4 Å². The van der Waals surface area contributed by atoms with Crippen LogP contribution in [0.1, 0.15) is 44.6 Å². The van der Waals surface area contributed by atoms with Crippen molar-refractivity contribution in [2.45, 2.75) is 52.0 Å². The predicted molar refractivity (Wildman–Crippen MR) is 84.0 cm³/mol. The molecule has 1 aliphatic rings. The van der Waals surface area contributed by atoms with E-state index in [0.717, 1.165) is 16.6 Å². The molecule has 2 unspecified atom stereocenters. The van der Waals surface area contributed by atoms with Crippen LogP contribution in [0.3, 0.4) is 0 Å². The van der Waals surface area contributed by atoms with E-state index in [1.54, 1.807) is 11.3 Å². The first-order valence-corrected chi connectivity index (χ1v) is 8.20. The van der Waals surface area contributed by atoms with Crippen molar-refractivity contribution in [2.24, 2.45) is 5.92 Å². The molecule has 19 heavy (non-hydrogen) atoms. The molecule has 0 bridgehead atoms. The van der Waals surface area contributed by atoms with Gasteiger partial charge in [0.15, 0.2) is 5.13 Å². The Kier molecular flexibility index (Phi) is 3.74. The molecule has 1 aromatic carbocycles. The Bertz CT molecular complexity index is 561. The zero-order valence-corrected chi connectivity index (χ0v) is 12.6. The van der Waals surface area contributed by atoms with Gasteiger partial charge >= 0.3 is 0 Å². The van der Waals surface area contributed by atoms with E-state index in [0.29, 0.717) is 6.04 Å².